The van der Waals surface area contributed by atoms with Crippen molar-refractivity contribution in [3.63, 3.8) is 0 Å². The minimum atomic E-state index is -0.400. The molecule has 1 heterocycles. The first-order chi connectivity index (χ1) is 10.8. The summed E-state index contributed by atoms with van der Waals surface area (Å²) in [6.45, 7) is 7.93. The number of non-ortho nitro benzene ring substituents is 1. The molecule has 1 aliphatic rings. The van der Waals surface area contributed by atoms with Crippen LogP contribution in [-0.2, 0) is 4.79 Å². The lowest BCUT2D eigenvalue weighted by Gasteiger charge is -2.31. The van der Waals surface area contributed by atoms with Crippen LogP contribution < -0.4 is 5.32 Å². The Morgan fingerprint density at radius 3 is 2.74 bits per heavy atom. The van der Waals surface area contributed by atoms with E-state index in [1.807, 2.05) is 18.7 Å². The smallest absolute Gasteiger partial charge is 0.269 e. The van der Waals surface area contributed by atoms with E-state index in [1.54, 1.807) is 23.9 Å². The number of nitrogens with one attached hydrogen (secondary N) is 1. The van der Waals surface area contributed by atoms with Crippen molar-refractivity contribution in [2.45, 2.75) is 57.3 Å². The fraction of sp³-hybridized carbons (Fsp3) is 0.562. The Morgan fingerprint density at radius 2 is 2.17 bits per heavy atom. The monoisotopic (exact) mass is 337 g/mol. The fourth-order valence-electron chi connectivity index (χ4n) is 2.81. The molecule has 2 rings (SSSR count). The standard InChI is InChI=1S/C16H23N3O3S/c1-5-6-11(3)18-15(20)12(4)23-16(18)17-14-8-7-13(19(21)22)9-10(14)2/h7-9,11-12,16-17H,5-6H2,1-4H3. The molecule has 23 heavy (non-hydrogen) atoms. The molecule has 0 saturated carbocycles. The van der Waals surface area contributed by atoms with E-state index in [1.165, 1.54) is 6.07 Å². The molecule has 3 unspecified atom stereocenters. The lowest BCUT2D eigenvalue weighted by Crippen LogP contribution is -2.44. The van der Waals surface area contributed by atoms with Gasteiger partial charge in [-0.1, -0.05) is 13.3 Å². The molecular weight excluding hydrogens is 314 g/mol. The van der Waals surface area contributed by atoms with Gasteiger partial charge in [0.1, 0.15) is 0 Å². The van der Waals surface area contributed by atoms with E-state index in [2.05, 4.69) is 19.2 Å². The van der Waals surface area contributed by atoms with Gasteiger partial charge in [0, 0.05) is 23.9 Å². The number of carbonyl (C=O) groups excluding carboxylic acids is 1. The number of aryl methyl sites for hydroxylation is 1. The molecule has 0 aliphatic carbocycles. The van der Waals surface area contributed by atoms with Gasteiger partial charge in [-0.25, -0.2) is 0 Å². The van der Waals surface area contributed by atoms with E-state index >= 15 is 0 Å². The van der Waals surface area contributed by atoms with E-state index in [-0.39, 0.29) is 28.4 Å². The third-order valence-electron chi connectivity index (χ3n) is 4.07. The maximum absolute atomic E-state index is 12.4. The average Bonchev–Trinajstić information content (AvgIpc) is 2.76. The topological polar surface area (TPSA) is 75.5 Å². The van der Waals surface area contributed by atoms with Gasteiger partial charge in [-0.15, -0.1) is 11.8 Å². The zero-order valence-corrected chi connectivity index (χ0v) is 14.7. The van der Waals surface area contributed by atoms with Crippen molar-refractivity contribution < 1.29 is 9.72 Å². The van der Waals surface area contributed by atoms with E-state index in [0.717, 1.165) is 24.1 Å². The normalized spacial score (nSPS) is 22.3. The number of benzene rings is 1. The Kier molecular flexibility index (Phi) is 5.51. The second-order valence-electron chi connectivity index (χ2n) is 5.91. The summed E-state index contributed by atoms with van der Waals surface area (Å²) < 4.78 is 0. The minimum absolute atomic E-state index is 0.0766. The lowest BCUT2D eigenvalue weighted by atomic mass is 10.1. The largest absolute Gasteiger partial charge is 0.356 e. The number of hydrogen-bond donors (Lipinski definition) is 1. The maximum Gasteiger partial charge on any atom is 0.269 e. The Balaban J connectivity index is 2.20. The van der Waals surface area contributed by atoms with Crippen molar-refractivity contribution in [3.05, 3.63) is 33.9 Å². The summed E-state index contributed by atoms with van der Waals surface area (Å²) >= 11 is 1.58. The van der Waals surface area contributed by atoms with Crippen molar-refractivity contribution in [3.8, 4) is 0 Å². The van der Waals surface area contributed by atoms with E-state index in [4.69, 9.17) is 0 Å². The van der Waals surface area contributed by atoms with Crippen molar-refractivity contribution >= 4 is 29.0 Å². The number of amides is 1. The van der Waals surface area contributed by atoms with Crippen LogP contribution in [0.4, 0.5) is 11.4 Å². The first-order valence-corrected chi connectivity index (χ1v) is 8.78. The quantitative estimate of drug-likeness (QED) is 0.632. The molecule has 126 valence electrons. The van der Waals surface area contributed by atoms with E-state index in [9.17, 15) is 14.9 Å². The molecule has 3 atom stereocenters. The van der Waals surface area contributed by atoms with Gasteiger partial charge in [0.15, 0.2) is 5.50 Å². The Bertz CT molecular complexity index is 608. The Hall–Kier alpha value is -1.76. The predicted molar refractivity (Wildman–Crippen MR) is 93.5 cm³/mol. The van der Waals surface area contributed by atoms with Crippen LogP contribution in [0, 0.1) is 17.0 Å². The van der Waals surface area contributed by atoms with Gasteiger partial charge in [-0.3, -0.25) is 14.9 Å². The summed E-state index contributed by atoms with van der Waals surface area (Å²) in [7, 11) is 0. The SMILES string of the molecule is CCCC(C)N1C(=O)C(C)SC1Nc1ccc([N+](=O)[O-])cc1C. The molecule has 0 spiro atoms. The fourth-order valence-corrected chi connectivity index (χ4v) is 4.07. The van der Waals surface area contributed by atoms with Crippen molar-refractivity contribution in [2.24, 2.45) is 0 Å². The number of nitro groups is 1. The molecule has 1 saturated heterocycles. The summed E-state index contributed by atoms with van der Waals surface area (Å²) in [6.07, 6.45) is 1.98. The van der Waals surface area contributed by atoms with Gasteiger partial charge in [0.25, 0.3) is 5.69 Å². The molecule has 0 aromatic heterocycles. The van der Waals surface area contributed by atoms with Gasteiger partial charge in [-0.05, 0) is 38.8 Å². The summed E-state index contributed by atoms with van der Waals surface area (Å²) in [5.74, 6) is 0.146. The summed E-state index contributed by atoms with van der Waals surface area (Å²) in [5.41, 5.74) is 1.56. The first-order valence-electron chi connectivity index (χ1n) is 7.84. The molecule has 0 bridgehead atoms. The molecule has 6 nitrogen and oxygen atoms in total. The minimum Gasteiger partial charge on any atom is -0.356 e. The van der Waals surface area contributed by atoms with Crippen molar-refractivity contribution in [1.82, 2.24) is 4.90 Å². The number of anilines is 1. The third kappa shape index (κ3) is 3.77. The van der Waals surface area contributed by atoms with E-state index in [0.29, 0.717) is 0 Å². The van der Waals surface area contributed by atoms with Crippen LogP contribution in [0.2, 0.25) is 0 Å². The molecule has 1 fully saturated rings. The van der Waals surface area contributed by atoms with Crippen LogP contribution in [0.5, 0.6) is 0 Å². The van der Waals surface area contributed by atoms with Gasteiger partial charge in [0.05, 0.1) is 10.2 Å². The Morgan fingerprint density at radius 1 is 1.48 bits per heavy atom. The third-order valence-corrected chi connectivity index (χ3v) is 5.28. The maximum atomic E-state index is 12.4. The predicted octanol–water partition coefficient (Wildman–Crippen LogP) is 3.75. The first kappa shape index (κ1) is 17.6. The summed E-state index contributed by atoms with van der Waals surface area (Å²) in [4.78, 5) is 24.8. The highest BCUT2D eigenvalue weighted by molar-refractivity contribution is 8.01. The lowest BCUT2D eigenvalue weighted by molar-refractivity contribution is -0.384. The highest BCUT2D eigenvalue weighted by Gasteiger charge is 2.40. The number of nitro benzene ring substituents is 1. The number of nitrogens with zero attached hydrogens (tertiary/aromatic N) is 2. The van der Waals surface area contributed by atoms with Crippen LogP contribution >= 0.6 is 11.8 Å². The number of carbonyl (C=O) groups is 1. The number of rotatable bonds is 6. The van der Waals surface area contributed by atoms with Crippen molar-refractivity contribution in [2.75, 3.05) is 5.32 Å². The van der Waals surface area contributed by atoms with E-state index < -0.39 is 4.92 Å². The highest BCUT2D eigenvalue weighted by atomic mass is 32.2. The van der Waals surface area contributed by atoms with Gasteiger partial charge in [-0.2, -0.15) is 0 Å². The van der Waals surface area contributed by atoms with Crippen LogP contribution in [0.25, 0.3) is 0 Å². The molecule has 1 aliphatic heterocycles. The molecule has 1 N–H and O–H groups in total. The zero-order chi connectivity index (χ0) is 17.1. The highest BCUT2D eigenvalue weighted by Crippen LogP contribution is 2.35. The molecule has 1 aromatic carbocycles. The molecular formula is C16H23N3O3S. The second kappa shape index (κ2) is 7.21. The van der Waals surface area contributed by atoms with Crippen LogP contribution in [0.1, 0.15) is 39.2 Å². The van der Waals surface area contributed by atoms with Gasteiger partial charge < -0.3 is 10.2 Å². The number of thioether (sulfide) groups is 1. The number of hydrogen-bond acceptors (Lipinski definition) is 5. The summed E-state index contributed by atoms with van der Waals surface area (Å²) in [5, 5.41) is 14.1. The van der Waals surface area contributed by atoms with Crippen LogP contribution in [0.15, 0.2) is 18.2 Å². The van der Waals surface area contributed by atoms with Crippen molar-refractivity contribution in [1.29, 1.82) is 0 Å². The molecule has 1 amide bonds. The van der Waals surface area contributed by atoms with Gasteiger partial charge >= 0.3 is 0 Å². The average molecular weight is 337 g/mol. The summed E-state index contributed by atoms with van der Waals surface area (Å²) in [6, 6.07) is 4.91. The zero-order valence-electron chi connectivity index (χ0n) is 13.9. The van der Waals surface area contributed by atoms with Crippen LogP contribution in [0.3, 0.4) is 0 Å². The Labute approximate surface area is 140 Å². The van der Waals surface area contributed by atoms with Gasteiger partial charge in [0.2, 0.25) is 5.91 Å². The molecule has 0 radical (unpaired) electrons. The second-order valence-corrected chi connectivity index (χ2v) is 7.34. The van der Waals surface area contributed by atoms with Crippen LogP contribution in [-0.4, -0.2) is 32.5 Å². The molecule has 7 heteroatoms. The molecule has 1 aromatic rings.